The third-order valence-electron chi connectivity index (χ3n) is 4.21. The Morgan fingerprint density at radius 1 is 1.42 bits per heavy atom. The van der Waals surface area contributed by atoms with Crippen molar-refractivity contribution in [1.29, 1.82) is 0 Å². The molecule has 1 aromatic rings. The number of hydrogen-bond donors (Lipinski definition) is 2. The molecule has 0 saturated carbocycles. The van der Waals surface area contributed by atoms with Crippen LogP contribution in [0.2, 0.25) is 0 Å². The fourth-order valence-corrected chi connectivity index (χ4v) is 3.04. The highest BCUT2D eigenvalue weighted by Crippen LogP contribution is 2.35. The fraction of sp³-hybridized carbons (Fsp3) is 0.562. The predicted octanol–water partition coefficient (Wildman–Crippen LogP) is 1.85. The second-order valence-corrected chi connectivity index (χ2v) is 6.30. The van der Waals surface area contributed by atoms with Gasteiger partial charge in [0.05, 0.1) is 5.92 Å². The molecule has 1 fully saturated rings. The lowest BCUT2D eigenvalue weighted by molar-refractivity contribution is -0.122. The first-order valence-electron chi connectivity index (χ1n) is 7.03. The molecule has 1 aliphatic rings. The summed E-state index contributed by atoms with van der Waals surface area (Å²) in [6.45, 7) is 8.06. The molecule has 1 aromatic carbocycles. The maximum Gasteiger partial charge on any atom is 0.222 e. The van der Waals surface area contributed by atoms with Gasteiger partial charge in [0.15, 0.2) is 0 Å². The first-order chi connectivity index (χ1) is 8.93. The molecular weight excluding hydrogens is 236 g/mol. The van der Waals surface area contributed by atoms with E-state index < -0.39 is 0 Å². The van der Waals surface area contributed by atoms with Crippen LogP contribution in [0, 0.1) is 11.8 Å². The molecule has 1 saturated heterocycles. The zero-order valence-corrected chi connectivity index (χ0v) is 12.1. The lowest BCUT2D eigenvalue weighted by Crippen LogP contribution is -2.39. The van der Waals surface area contributed by atoms with Crippen molar-refractivity contribution in [2.45, 2.75) is 32.6 Å². The Hall–Kier alpha value is -1.35. The number of carbonyl (C=O) groups excluding carboxylic acids is 1. The van der Waals surface area contributed by atoms with Crippen LogP contribution in [0.25, 0.3) is 0 Å². The molecule has 19 heavy (non-hydrogen) atoms. The van der Waals surface area contributed by atoms with Gasteiger partial charge in [-0.3, -0.25) is 4.79 Å². The normalized spacial score (nSPS) is 26.8. The van der Waals surface area contributed by atoms with Crippen molar-refractivity contribution in [3.05, 3.63) is 35.4 Å². The lowest BCUT2D eigenvalue weighted by atomic mass is 9.73. The van der Waals surface area contributed by atoms with Crippen LogP contribution in [0.3, 0.4) is 0 Å². The Morgan fingerprint density at radius 2 is 2.05 bits per heavy atom. The van der Waals surface area contributed by atoms with Crippen molar-refractivity contribution < 1.29 is 4.79 Å². The monoisotopic (exact) mass is 260 g/mol. The molecule has 104 valence electrons. The van der Waals surface area contributed by atoms with E-state index in [-0.39, 0.29) is 17.2 Å². The van der Waals surface area contributed by atoms with Gasteiger partial charge in [-0.2, -0.15) is 0 Å². The van der Waals surface area contributed by atoms with Crippen LogP contribution in [-0.2, 0) is 16.6 Å². The Bertz CT molecular complexity index is 452. The molecule has 3 heteroatoms. The van der Waals surface area contributed by atoms with Crippen molar-refractivity contribution in [2.75, 3.05) is 13.1 Å². The standard InChI is InChI=1S/C16H24N2O/c1-11(2)8-12-4-6-13(7-5-12)16(3)10-18-9-14(16)15(17)19/h4-7,11,14,18H,8-10H2,1-3H3,(H2,17,19). The van der Waals surface area contributed by atoms with Gasteiger partial charge in [0.25, 0.3) is 0 Å². The van der Waals surface area contributed by atoms with Crippen LogP contribution in [-0.4, -0.2) is 19.0 Å². The molecule has 3 nitrogen and oxygen atoms in total. The molecular formula is C16H24N2O. The number of primary amides is 1. The molecule has 1 amide bonds. The molecule has 0 bridgehead atoms. The number of nitrogens with two attached hydrogens (primary N) is 1. The van der Waals surface area contributed by atoms with Crippen molar-refractivity contribution in [2.24, 2.45) is 17.6 Å². The van der Waals surface area contributed by atoms with Crippen LogP contribution in [0.5, 0.6) is 0 Å². The Labute approximate surface area is 115 Å². The molecule has 0 aromatic heterocycles. The third kappa shape index (κ3) is 2.81. The van der Waals surface area contributed by atoms with E-state index in [9.17, 15) is 4.79 Å². The van der Waals surface area contributed by atoms with Gasteiger partial charge in [-0.25, -0.2) is 0 Å². The quantitative estimate of drug-likeness (QED) is 0.868. The maximum atomic E-state index is 11.6. The number of rotatable bonds is 4. The summed E-state index contributed by atoms with van der Waals surface area (Å²) in [5, 5.41) is 3.29. The zero-order valence-electron chi connectivity index (χ0n) is 12.1. The average molecular weight is 260 g/mol. The molecule has 2 unspecified atom stereocenters. The van der Waals surface area contributed by atoms with Crippen molar-refractivity contribution in [3.8, 4) is 0 Å². The lowest BCUT2D eigenvalue weighted by Gasteiger charge is -2.29. The van der Waals surface area contributed by atoms with Gasteiger partial charge in [-0.05, 0) is 23.5 Å². The maximum absolute atomic E-state index is 11.6. The van der Waals surface area contributed by atoms with Crippen molar-refractivity contribution in [3.63, 3.8) is 0 Å². The molecule has 0 spiro atoms. The van der Waals surface area contributed by atoms with Gasteiger partial charge in [0, 0.05) is 18.5 Å². The fourth-order valence-electron chi connectivity index (χ4n) is 3.04. The minimum absolute atomic E-state index is 0.122. The number of nitrogens with one attached hydrogen (secondary N) is 1. The van der Waals surface area contributed by atoms with Crippen molar-refractivity contribution >= 4 is 5.91 Å². The van der Waals surface area contributed by atoms with Gasteiger partial charge in [0.2, 0.25) is 5.91 Å². The van der Waals surface area contributed by atoms with Crippen LogP contribution < -0.4 is 11.1 Å². The molecule has 1 heterocycles. The highest BCUT2D eigenvalue weighted by atomic mass is 16.1. The van der Waals surface area contributed by atoms with E-state index in [0.717, 1.165) is 13.0 Å². The van der Waals surface area contributed by atoms with E-state index in [0.29, 0.717) is 12.5 Å². The molecule has 3 N–H and O–H groups in total. The zero-order chi connectivity index (χ0) is 14.0. The van der Waals surface area contributed by atoms with Gasteiger partial charge in [-0.1, -0.05) is 45.0 Å². The van der Waals surface area contributed by atoms with E-state index in [2.05, 4.69) is 50.4 Å². The summed E-state index contributed by atoms with van der Waals surface area (Å²) in [7, 11) is 0. The van der Waals surface area contributed by atoms with Gasteiger partial charge < -0.3 is 11.1 Å². The highest BCUT2D eigenvalue weighted by molar-refractivity contribution is 5.79. The summed E-state index contributed by atoms with van der Waals surface area (Å²) in [5.41, 5.74) is 7.90. The summed E-state index contributed by atoms with van der Waals surface area (Å²) < 4.78 is 0. The number of benzene rings is 1. The summed E-state index contributed by atoms with van der Waals surface area (Å²) >= 11 is 0. The first kappa shape index (κ1) is 14.1. The SMILES string of the molecule is CC(C)Cc1ccc(C2(C)CNCC2C(N)=O)cc1. The summed E-state index contributed by atoms with van der Waals surface area (Å²) in [4.78, 5) is 11.6. The average Bonchev–Trinajstić information content (AvgIpc) is 2.72. The molecule has 0 radical (unpaired) electrons. The van der Waals surface area contributed by atoms with Crippen LogP contribution >= 0.6 is 0 Å². The molecule has 1 aliphatic heterocycles. The largest absolute Gasteiger partial charge is 0.369 e. The number of hydrogen-bond acceptors (Lipinski definition) is 2. The highest BCUT2D eigenvalue weighted by Gasteiger charge is 2.43. The smallest absolute Gasteiger partial charge is 0.222 e. The second-order valence-electron chi connectivity index (χ2n) is 6.30. The molecule has 2 atom stereocenters. The van der Waals surface area contributed by atoms with E-state index in [1.165, 1.54) is 11.1 Å². The minimum Gasteiger partial charge on any atom is -0.369 e. The minimum atomic E-state index is -0.209. The van der Waals surface area contributed by atoms with E-state index in [1.54, 1.807) is 0 Å². The summed E-state index contributed by atoms with van der Waals surface area (Å²) in [6, 6.07) is 8.66. The second kappa shape index (κ2) is 5.33. The van der Waals surface area contributed by atoms with Crippen LogP contribution in [0.1, 0.15) is 31.9 Å². The van der Waals surface area contributed by atoms with Crippen LogP contribution in [0.15, 0.2) is 24.3 Å². The van der Waals surface area contributed by atoms with Crippen molar-refractivity contribution in [1.82, 2.24) is 5.32 Å². The first-order valence-corrected chi connectivity index (χ1v) is 7.03. The van der Waals surface area contributed by atoms with Gasteiger partial charge in [-0.15, -0.1) is 0 Å². The predicted molar refractivity (Wildman–Crippen MR) is 77.9 cm³/mol. The summed E-state index contributed by atoms with van der Waals surface area (Å²) in [6.07, 6.45) is 1.09. The van der Waals surface area contributed by atoms with Gasteiger partial charge in [0.1, 0.15) is 0 Å². The Morgan fingerprint density at radius 3 is 2.58 bits per heavy atom. The number of carbonyl (C=O) groups is 1. The summed E-state index contributed by atoms with van der Waals surface area (Å²) in [5.74, 6) is 0.329. The van der Waals surface area contributed by atoms with Gasteiger partial charge >= 0.3 is 0 Å². The van der Waals surface area contributed by atoms with E-state index >= 15 is 0 Å². The Balaban J connectivity index is 2.23. The Kier molecular flexibility index (Phi) is 3.95. The third-order valence-corrected chi connectivity index (χ3v) is 4.21. The van der Waals surface area contributed by atoms with E-state index in [1.807, 2.05) is 0 Å². The van der Waals surface area contributed by atoms with Crippen LogP contribution in [0.4, 0.5) is 0 Å². The molecule has 0 aliphatic carbocycles. The molecule has 2 rings (SSSR count). The number of amides is 1. The topological polar surface area (TPSA) is 55.1 Å². The van der Waals surface area contributed by atoms with E-state index in [4.69, 9.17) is 5.73 Å².